The van der Waals surface area contributed by atoms with E-state index in [1.54, 1.807) is 24.4 Å². The van der Waals surface area contributed by atoms with Crippen LogP contribution in [-0.2, 0) is 0 Å². The summed E-state index contributed by atoms with van der Waals surface area (Å²) in [6.07, 6.45) is 3.22. The Morgan fingerprint density at radius 1 is 0.774 bits per heavy atom. The Balaban J connectivity index is 1.39. The highest BCUT2D eigenvalue weighted by Gasteiger charge is 2.06. The van der Waals surface area contributed by atoms with Crippen molar-refractivity contribution in [3.8, 4) is 0 Å². The second-order valence-electron chi connectivity index (χ2n) is 6.80. The van der Waals surface area contributed by atoms with Crippen molar-refractivity contribution in [2.45, 2.75) is 6.92 Å². The molecule has 0 aliphatic heterocycles. The van der Waals surface area contributed by atoms with Gasteiger partial charge in [-0.2, -0.15) is 0 Å². The number of nitrogens with zero attached hydrogens (tertiary/aromatic N) is 3. The highest BCUT2D eigenvalue weighted by Crippen LogP contribution is 2.21. The van der Waals surface area contributed by atoms with Gasteiger partial charge in [0.15, 0.2) is 0 Å². The van der Waals surface area contributed by atoms with Crippen LogP contribution < -0.4 is 16.0 Å². The van der Waals surface area contributed by atoms with E-state index in [0.717, 1.165) is 21.5 Å². The first kappa shape index (κ1) is 20.5. The van der Waals surface area contributed by atoms with E-state index in [1.807, 2.05) is 55.5 Å². The average Bonchev–Trinajstić information content (AvgIpc) is 2.76. The van der Waals surface area contributed by atoms with Gasteiger partial charge >= 0.3 is 0 Å². The lowest BCUT2D eigenvalue weighted by atomic mass is 10.2. The molecule has 7 nitrogen and oxygen atoms in total. The maximum absolute atomic E-state index is 12.3. The minimum absolute atomic E-state index is 0.163. The Kier molecular flexibility index (Phi) is 6.18. The van der Waals surface area contributed by atoms with Crippen molar-refractivity contribution in [3.05, 3.63) is 94.9 Å². The fraction of sp³-hybridized carbons (Fsp3) is 0.0435. The molecule has 0 bridgehead atoms. The maximum atomic E-state index is 12.3. The Bertz CT molecular complexity index is 1200. The zero-order valence-corrected chi connectivity index (χ0v) is 18.2. The van der Waals surface area contributed by atoms with Gasteiger partial charge in [0, 0.05) is 33.7 Å². The Morgan fingerprint density at radius 3 is 2.13 bits per heavy atom. The van der Waals surface area contributed by atoms with Crippen molar-refractivity contribution in [1.29, 1.82) is 0 Å². The maximum Gasteiger partial charge on any atom is 0.255 e. The first-order valence-electron chi connectivity index (χ1n) is 9.51. The van der Waals surface area contributed by atoms with Crippen LogP contribution in [0.25, 0.3) is 0 Å². The second-order valence-corrected chi connectivity index (χ2v) is 7.71. The van der Waals surface area contributed by atoms with Crippen LogP contribution in [0.3, 0.4) is 0 Å². The van der Waals surface area contributed by atoms with E-state index in [-0.39, 0.29) is 5.91 Å². The zero-order chi connectivity index (χ0) is 21.6. The number of amides is 1. The number of anilines is 5. The molecule has 4 aromatic rings. The first-order chi connectivity index (χ1) is 15.0. The molecule has 1 amide bonds. The Labute approximate surface area is 188 Å². The minimum atomic E-state index is -0.163. The van der Waals surface area contributed by atoms with Crippen molar-refractivity contribution in [2.75, 3.05) is 16.0 Å². The van der Waals surface area contributed by atoms with Gasteiger partial charge in [-0.25, -0.2) is 15.0 Å². The number of hydrogen-bond acceptors (Lipinski definition) is 6. The number of nitrogens with one attached hydrogen (secondary N) is 3. The summed E-state index contributed by atoms with van der Waals surface area (Å²) >= 11 is 3.37. The van der Waals surface area contributed by atoms with Gasteiger partial charge < -0.3 is 16.0 Å². The van der Waals surface area contributed by atoms with E-state index in [1.165, 1.54) is 6.33 Å². The first-order valence-corrected chi connectivity index (χ1v) is 10.3. The zero-order valence-electron chi connectivity index (χ0n) is 16.6. The average molecular weight is 475 g/mol. The van der Waals surface area contributed by atoms with Crippen LogP contribution in [0.15, 0.2) is 83.7 Å². The summed E-state index contributed by atoms with van der Waals surface area (Å²) in [7, 11) is 0. The molecule has 154 valence electrons. The molecule has 8 heteroatoms. The summed E-state index contributed by atoms with van der Waals surface area (Å²) in [4.78, 5) is 25.1. The fourth-order valence-corrected chi connectivity index (χ4v) is 3.08. The van der Waals surface area contributed by atoms with E-state index in [0.29, 0.717) is 22.9 Å². The van der Waals surface area contributed by atoms with Crippen molar-refractivity contribution >= 4 is 50.7 Å². The number of aromatic nitrogens is 3. The van der Waals surface area contributed by atoms with Gasteiger partial charge in [0.05, 0.1) is 0 Å². The summed E-state index contributed by atoms with van der Waals surface area (Å²) < 4.78 is 0.928. The van der Waals surface area contributed by atoms with Crippen LogP contribution in [0.2, 0.25) is 0 Å². The summed E-state index contributed by atoms with van der Waals surface area (Å²) in [6, 6.07) is 20.3. The molecule has 0 spiro atoms. The van der Waals surface area contributed by atoms with Crippen LogP contribution in [-0.4, -0.2) is 20.9 Å². The summed E-state index contributed by atoms with van der Waals surface area (Å²) in [5.41, 5.74) is 3.24. The van der Waals surface area contributed by atoms with Gasteiger partial charge in [-0.3, -0.25) is 4.79 Å². The number of hydrogen-bond donors (Lipinski definition) is 3. The molecule has 0 saturated carbocycles. The van der Waals surface area contributed by atoms with Gasteiger partial charge in [0.1, 0.15) is 23.8 Å². The summed E-state index contributed by atoms with van der Waals surface area (Å²) in [5, 5.41) is 9.28. The van der Waals surface area contributed by atoms with Crippen LogP contribution >= 0.6 is 15.9 Å². The number of benzene rings is 2. The molecule has 3 N–H and O–H groups in total. The van der Waals surface area contributed by atoms with E-state index in [9.17, 15) is 4.79 Å². The van der Waals surface area contributed by atoms with Gasteiger partial charge in [0.2, 0.25) is 0 Å². The van der Waals surface area contributed by atoms with E-state index >= 15 is 0 Å². The van der Waals surface area contributed by atoms with Gasteiger partial charge in [-0.05, 0) is 73.2 Å². The summed E-state index contributed by atoms with van der Waals surface area (Å²) in [5.74, 6) is 1.82. The molecule has 0 radical (unpaired) electrons. The van der Waals surface area contributed by atoms with Crippen LogP contribution in [0.5, 0.6) is 0 Å². The number of carbonyl (C=O) groups excluding carboxylic acids is 1. The van der Waals surface area contributed by atoms with Crippen molar-refractivity contribution in [1.82, 2.24) is 15.0 Å². The normalized spacial score (nSPS) is 10.4. The van der Waals surface area contributed by atoms with E-state index < -0.39 is 0 Å². The van der Waals surface area contributed by atoms with Crippen LogP contribution in [0.1, 0.15) is 15.9 Å². The molecule has 0 saturated heterocycles. The molecule has 2 aromatic heterocycles. The molecule has 0 aliphatic rings. The lowest BCUT2D eigenvalue weighted by molar-refractivity contribution is 0.102. The number of halogens is 1. The molecule has 0 unspecified atom stereocenters. The third kappa shape index (κ3) is 5.64. The molecular weight excluding hydrogens is 456 g/mol. The molecule has 2 aromatic carbocycles. The van der Waals surface area contributed by atoms with Crippen LogP contribution in [0, 0.1) is 6.92 Å². The van der Waals surface area contributed by atoms with E-state index in [2.05, 4.69) is 46.8 Å². The summed E-state index contributed by atoms with van der Waals surface area (Å²) in [6.45, 7) is 2.00. The molecule has 0 atom stereocenters. The number of carbonyl (C=O) groups is 1. The number of rotatable bonds is 6. The van der Waals surface area contributed by atoms with Crippen molar-refractivity contribution < 1.29 is 4.79 Å². The van der Waals surface area contributed by atoms with Crippen molar-refractivity contribution in [2.24, 2.45) is 0 Å². The number of pyridine rings is 1. The Hall–Kier alpha value is -3.78. The molecular formula is C23H19BrN6O. The third-order valence-electron chi connectivity index (χ3n) is 4.36. The Morgan fingerprint density at radius 2 is 1.42 bits per heavy atom. The lowest BCUT2D eigenvalue weighted by Gasteiger charge is -2.10. The SMILES string of the molecule is Cc1ccnc(Nc2cc(Nc3ccc(NC(=O)c4ccc(Br)cc4)cc3)ncn2)c1. The molecule has 0 aliphatic carbocycles. The largest absolute Gasteiger partial charge is 0.340 e. The van der Waals surface area contributed by atoms with Crippen LogP contribution in [0.4, 0.5) is 28.8 Å². The number of aryl methyl sites for hydroxylation is 1. The smallest absolute Gasteiger partial charge is 0.255 e. The molecule has 2 heterocycles. The molecule has 31 heavy (non-hydrogen) atoms. The third-order valence-corrected chi connectivity index (χ3v) is 4.89. The van der Waals surface area contributed by atoms with Gasteiger partial charge in [-0.15, -0.1) is 0 Å². The quantitative estimate of drug-likeness (QED) is 0.332. The highest BCUT2D eigenvalue weighted by molar-refractivity contribution is 9.10. The highest BCUT2D eigenvalue weighted by atomic mass is 79.9. The van der Waals surface area contributed by atoms with Gasteiger partial charge in [-0.1, -0.05) is 15.9 Å². The predicted octanol–water partition coefficient (Wildman–Crippen LogP) is 5.68. The molecule has 4 rings (SSSR count). The second kappa shape index (κ2) is 9.36. The minimum Gasteiger partial charge on any atom is -0.340 e. The van der Waals surface area contributed by atoms with Crippen molar-refractivity contribution in [3.63, 3.8) is 0 Å². The molecule has 0 fully saturated rings. The monoisotopic (exact) mass is 474 g/mol. The lowest BCUT2D eigenvalue weighted by Crippen LogP contribution is -2.11. The standard InChI is InChI=1S/C23H19BrN6O/c1-15-10-11-25-20(12-15)30-22-13-21(26-14-27-22)28-18-6-8-19(9-7-18)29-23(31)16-2-4-17(24)5-3-16/h2-14H,1H3,(H,29,31)(H2,25,26,27,28,30). The van der Waals surface area contributed by atoms with Gasteiger partial charge in [0.25, 0.3) is 5.91 Å². The van der Waals surface area contributed by atoms with E-state index in [4.69, 9.17) is 0 Å². The topological polar surface area (TPSA) is 91.8 Å². The predicted molar refractivity (Wildman–Crippen MR) is 126 cm³/mol. The fourth-order valence-electron chi connectivity index (χ4n) is 2.82.